The van der Waals surface area contributed by atoms with Crippen molar-refractivity contribution in [2.45, 2.75) is 39.5 Å². The monoisotopic (exact) mass is 243 g/mol. The molecular formula is C13H19F2NO. The Kier molecular flexibility index (Phi) is 5.02. The molecule has 0 heterocycles. The van der Waals surface area contributed by atoms with Crippen molar-refractivity contribution in [3.05, 3.63) is 35.4 Å². The van der Waals surface area contributed by atoms with Gasteiger partial charge in [-0.3, -0.25) is 4.90 Å². The second kappa shape index (κ2) is 6.07. The molecule has 0 radical (unpaired) electrons. The Bertz CT molecular complexity index is 366. The van der Waals surface area contributed by atoms with E-state index in [0.717, 1.165) is 12.1 Å². The molecule has 0 aliphatic heterocycles. The smallest absolute Gasteiger partial charge is 0.127 e. The summed E-state index contributed by atoms with van der Waals surface area (Å²) in [6.45, 7) is 6.33. The number of benzene rings is 1. The Balaban J connectivity index is 2.81. The zero-order valence-corrected chi connectivity index (χ0v) is 10.5. The van der Waals surface area contributed by atoms with Gasteiger partial charge in [0.25, 0.3) is 0 Å². The number of hydrogen-bond acceptors (Lipinski definition) is 2. The predicted octanol–water partition coefficient (Wildman–Crippen LogP) is 2.56. The highest BCUT2D eigenvalue weighted by Gasteiger charge is 2.15. The minimum absolute atomic E-state index is 0.160. The van der Waals surface area contributed by atoms with Gasteiger partial charge >= 0.3 is 0 Å². The molecule has 96 valence electrons. The van der Waals surface area contributed by atoms with E-state index in [4.69, 9.17) is 0 Å². The summed E-state index contributed by atoms with van der Waals surface area (Å²) in [5, 5.41) is 9.36. The number of halogens is 2. The fourth-order valence-electron chi connectivity index (χ4n) is 1.68. The van der Waals surface area contributed by atoms with Crippen LogP contribution in [0.3, 0.4) is 0 Å². The van der Waals surface area contributed by atoms with Crippen LogP contribution in [0.1, 0.15) is 26.3 Å². The van der Waals surface area contributed by atoms with Crippen LogP contribution >= 0.6 is 0 Å². The van der Waals surface area contributed by atoms with E-state index in [1.165, 1.54) is 6.07 Å². The molecule has 1 aromatic carbocycles. The number of nitrogens with zero attached hydrogens (tertiary/aromatic N) is 1. The molecule has 1 N–H and O–H groups in total. The second-order valence-corrected chi connectivity index (χ2v) is 4.61. The molecule has 1 rings (SSSR count). The summed E-state index contributed by atoms with van der Waals surface area (Å²) in [4.78, 5) is 1.91. The maximum absolute atomic E-state index is 13.5. The summed E-state index contributed by atoms with van der Waals surface area (Å²) in [5.41, 5.74) is 0.319. The number of hydrogen-bond donors (Lipinski definition) is 1. The normalized spacial score (nSPS) is 13.4. The predicted molar refractivity (Wildman–Crippen MR) is 63.6 cm³/mol. The molecule has 0 aliphatic carbocycles. The lowest BCUT2D eigenvalue weighted by atomic mass is 10.1. The van der Waals surface area contributed by atoms with Crippen molar-refractivity contribution in [1.29, 1.82) is 0 Å². The van der Waals surface area contributed by atoms with Crippen LogP contribution in [0.4, 0.5) is 8.78 Å². The fourth-order valence-corrected chi connectivity index (χ4v) is 1.68. The van der Waals surface area contributed by atoms with Crippen LogP contribution in [0.2, 0.25) is 0 Å². The highest BCUT2D eigenvalue weighted by Crippen LogP contribution is 2.14. The van der Waals surface area contributed by atoms with Gasteiger partial charge in [-0.05, 0) is 39.0 Å². The van der Waals surface area contributed by atoms with Gasteiger partial charge in [0, 0.05) is 24.7 Å². The van der Waals surface area contributed by atoms with E-state index in [-0.39, 0.29) is 6.04 Å². The van der Waals surface area contributed by atoms with Crippen molar-refractivity contribution in [2.75, 3.05) is 6.54 Å². The Morgan fingerprint density at radius 2 is 1.88 bits per heavy atom. The summed E-state index contributed by atoms with van der Waals surface area (Å²) in [6.07, 6.45) is -0.492. The van der Waals surface area contributed by atoms with E-state index < -0.39 is 17.7 Å². The van der Waals surface area contributed by atoms with Crippen molar-refractivity contribution in [3.63, 3.8) is 0 Å². The van der Waals surface area contributed by atoms with Crippen LogP contribution in [0.25, 0.3) is 0 Å². The molecule has 1 unspecified atom stereocenters. The lowest BCUT2D eigenvalue weighted by molar-refractivity contribution is 0.102. The van der Waals surface area contributed by atoms with Gasteiger partial charge in [0.05, 0.1) is 6.10 Å². The minimum atomic E-state index is -0.492. The number of aliphatic hydroxyl groups excluding tert-OH is 1. The van der Waals surface area contributed by atoms with Gasteiger partial charge in [0.1, 0.15) is 11.6 Å². The van der Waals surface area contributed by atoms with Gasteiger partial charge in [-0.25, -0.2) is 8.78 Å². The lowest BCUT2D eigenvalue weighted by Gasteiger charge is -2.27. The molecule has 0 aromatic heterocycles. The Morgan fingerprint density at radius 1 is 1.24 bits per heavy atom. The molecule has 0 saturated heterocycles. The molecule has 0 saturated carbocycles. The van der Waals surface area contributed by atoms with Crippen LogP contribution in [0.5, 0.6) is 0 Å². The van der Waals surface area contributed by atoms with E-state index in [0.29, 0.717) is 18.7 Å². The van der Waals surface area contributed by atoms with Gasteiger partial charge in [-0.2, -0.15) is 0 Å². The van der Waals surface area contributed by atoms with E-state index in [9.17, 15) is 13.9 Å². The average Bonchev–Trinajstić information content (AvgIpc) is 2.21. The maximum atomic E-state index is 13.5. The van der Waals surface area contributed by atoms with Gasteiger partial charge in [0.15, 0.2) is 0 Å². The molecule has 0 fully saturated rings. The summed E-state index contributed by atoms with van der Waals surface area (Å²) < 4.78 is 26.5. The second-order valence-electron chi connectivity index (χ2n) is 4.61. The minimum Gasteiger partial charge on any atom is -0.392 e. The molecule has 2 nitrogen and oxygen atoms in total. The number of aliphatic hydroxyl groups is 1. The SMILES string of the molecule is CC(O)CN(Cc1cc(F)ccc1F)C(C)C. The molecule has 1 atom stereocenters. The zero-order valence-electron chi connectivity index (χ0n) is 10.5. The molecular weight excluding hydrogens is 224 g/mol. The van der Waals surface area contributed by atoms with Gasteiger partial charge in [-0.15, -0.1) is 0 Å². The van der Waals surface area contributed by atoms with Crippen molar-refractivity contribution < 1.29 is 13.9 Å². The fraction of sp³-hybridized carbons (Fsp3) is 0.538. The Labute approximate surface area is 101 Å². The first-order valence-electron chi connectivity index (χ1n) is 5.76. The molecule has 0 aliphatic rings. The van der Waals surface area contributed by atoms with E-state index >= 15 is 0 Å². The molecule has 17 heavy (non-hydrogen) atoms. The summed E-state index contributed by atoms with van der Waals surface area (Å²) in [7, 11) is 0. The van der Waals surface area contributed by atoms with E-state index in [2.05, 4.69) is 0 Å². The first-order chi connectivity index (χ1) is 7.90. The zero-order chi connectivity index (χ0) is 13.0. The van der Waals surface area contributed by atoms with Crippen LogP contribution < -0.4 is 0 Å². The van der Waals surface area contributed by atoms with Crippen molar-refractivity contribution in [2.24, 2.45) is 0 Å². The van der Waals surface area contributed by atoms with Crippen molar-refractivity contribution in [1.82, 2.24) is 4.90 Å². The van der Waals surface area contributed by atoms with Gasteiger partial charge < -0.3 is 5.11 Å². The van der Waals surface area contributed by atoms with Crippen LogP contribution in [-0.2, 0) is 6.54 Å². The maximum Gasteiger partial charge on any atom is 0.127 e. The topological polar surface area (TPSA) is 23.5 Å². The van der Waals surface area contributed by atoms with Crippen LogP contribution in [-0.4, -0.2) is 28.7 Å². The van der Waals surface area contributed by atoms with Crippen LogP contribution in [0.15, 0.2) is 18.2 Å². The average molecular weight is 243 g/mol. The first kappa shape index (κ1) is 14.1. The highest BCUT2D eigenvalue weighted by atomic mass is 19.1. The van der Waals surface area contributed by atoms with Crippen molar-refractivity contribution in [3.8, 4) is 0 Å². The standard InChI is InChI=1S/C13H19F2NO/c1-9(2)16(7-10(3)17)8-11-6-12(14)4-5-13(11)15/h4-6,9-10,17H,7-8H2,1-3H3. The lowest BCUT2D eigenvalue weighted by Crippen LogP contribution is -2.36. The number of rotatable bonds is 5. The quantitative estimate of drug-likeness (QED) is 0.859. The van der Waals surface area contributed by atoms with Crippen molar-refractivity contribution >= 4 is 0 Å². The third-order valence-corrected chi connectivity index (χ3v) is 2.61. The summed E-state index contributed by atoms with van der Waals surface area (Å²) in [6, 6.07) is 3.60. The first-order valence-corrected chi connectivity index (χ1v) is 5.76. The van der Waals surface area contributed by atoms with Gasteiger partial charge in [0.2, 0.25) is 0 Å². The molecule has 1 aromatic rings. The molecule has 4 heteroatoms. The molecule has 0 spiro atoms. The summed E-state index contributed by atoms with van der Waals surface area (Å²) in [5.74, 6) is -0.857. The largest absolute Gasteiger partial charge is 0.392 e. The Morgan fingerprint density at radius 3 is 2.41 bits per heavy atom. The summed E-state index contributed by atoms with van der Waals surface area (Å²) >= 11 is 0. The van der Waals surface area contributed by atoms with E-state index in [1.54, 1.807) is 6.92 Å². The Hall–Kier alpha value is -1.00. The highest BCUT2D eigenvalue weighted by molar-refractivity contribution is 5.18. The molecule has 0 bridgehead atoms. The van der Waals surface area contributed by atoms with Crippen LogP contribution in [0, 0.1) is 11.6 Å². The molecule has 0 amide bonds. The van der Waals surface area contributed by atoms with Gasteiger partial charge in [-0.1, -0.05) is 0 Å². The third kappa shape index (κ3) is 4.40. The van der Waals surface area contributed by atoms with E-state index in [1.807, 2.05) is 18.7 Å². The third-order valence-electron chi connectivity index (χ3n) is 2.61.